The Morgan fingerprint density at radius 1 is 0.402 bits per heavy atom. The second-order valence-corrected chi connectivity index (χ2v) is 20.5. The number of hydrogen-bond donors (Lipinski definition) is 13. The van der Waals surface area contributed by atoms with Crippen LogP contribution in [0.25, 0.3) is 0 Å². The molecule has 0 bridgehead atoms. The van der Waals surface area contributed by atoms with Gasteiger partial charge in [0, 0.05) is 90.0 Å². The van der Waals surface area contributed by atoms with E-state index in [-0.39, 0.29) is 179 Å². The summed E-state index contributed by atoms with van der Waals surface area (Å²) in [7, 11) is 0. The monoisotopic (exact) mass is 1250 g/mol. The van der Waals surface area contributed by atoms with Crippen LogP contribution in [-0.2, 0) is 81.3 Å². The third-order valence-corrected chi connectivity index (χ3v) is 13.0. The molecule has 15 N–H and O–H groups in total. The second-order valence-electron chi connectivity index (χ2n) is 20.5. The van der Waals surface area contributed by atoms with Crippen molar-refractivity contribution in [2.75, 3.05) is 138 Å². The van der Waals surface area contributed by atoms with E-state index in [9.17, 15) is 87.9 Å². The Labute approximate surface area is 506 Å². The number of nitrogens with two attached hydrogens (primary N) is 2. The van der Waals surface area contributed by atoms with Gasteiger partial charge in [-0.2, -0.15) is 0 Å². The van der Waals surface area contributed by atoms with Crippen LogP contribution in [-0.4, -0.2) is 267 Å². The molecule has 0 radical (unpaired) electrons. The minimum Gasteiger partial charge on any atom is -0.480 e. The number of carbonyl (C=O) groups excluding carboxylic acids is 8. The van der Waals surface area contributed by atoms with Crippen LogP contribution in [0.3, 0.4) is 0 Å². The summed E-state index contributed by atoms with van der Waals surface area (Å²) in [6.45, 7) is 1.51. The quantitative estimate of drug-likeness (QED) is 0.0263. The van der Waals surface area contributed by atoms with Gasteiger partial charge >= 0.3 is 29.8 Å². The summed E-state index contributed by atoms with van der Waals surface area (Å²) in [4.78, 5) is 160. The number of unbranched alkanes of at least 4 members (excludes halogenated alkanes) is 3. The number of hydrogen-bond acceptors (Lipinski definition) is 20. The molecule has 0 saturated carbocycles. The van der Waals surface area contributed by atoms with Crippen LogP contribution in [0.2, 0.25) is 0 Å². The van der Waals surface area contributed by atoms with Crippen molar-refractivity contribution in [2.24, 2.45) is 23.3 Å². The minimum atomic E-state index is -1.43. The molecule has 87 heavy (non-hydrogen) atoms. The number of aliphatic carboxylic acids is 5. The Bertz CT molecular complexity index is 2050. The van der Waals surface area contributed by atoms with E-state index in [0.717, 1.165) is 22.6 Å². The smallest absolute Gasteiger partial charge is 0.320 e. The third kappa shape index (κ3) is 46.7. The number of ether oxygens (including phenoxy) is 4. The van der Waals surface area contributed by atoms with E-state index < -0.39 is 91.7 Å². The molecule has 0 aliphatic carbocycles. The number of primary amides is 2. The first-order chi connectivity index (χ1) is 41.3. The molecule has 0 rings (SSSR count). The lowest BCUT2D eigenvalue weighted by Gasteiger charge is -2.32. The highest BCUT2D eigenvalue weighted by atomic mass is 16.5. The van der Waals surface area contributed by atoms with Crippen LogP contribution >= 0.6 is 0 Å². The molecule has 0 unspecified atom stereocenters. The molecule has 4 atom stereocenters. The van der Waals surface area contributed by atoms with Gasteiger partial charge in [0.25, 0.3) is 0 Å². The highest BCUT2D eigenvalue weighted by Gasteiger charge is 2.29. The minimum absolute atomic E-state index is 0.00582. The maximum absolute atomic E-state index is 13.3. The van der Waals surface area contributed by atoms with Crippen molar-refractivity contribution in [3.05, 3.63) is 0 Å². The predicted molar refractivity (Wildman–Crippen MR) is 308 cm³/mol. The molecule has 33 heteroatoms. The summed E-state index contributed by atoms with van der Waals surface area (Å²) in [5, 5.41) is 63.5. The summed E-state index contributed by atoms with van der Waals surface area (Å²) < 4.78 is 21.4. The summed E-state index contributed by atoms with van der Waals surface area (Å²) in [6, 6.07) is -2.42. The lowest BCUT2D eigenvalue weighted by Crippen LogP contribution is -2.50. The zero-order valence-corrected chi connectivity index (χ0v) is 50.2. The van der Waals surface area contributed by atoms with Crippen molar-refractivity contribution < 1.29 is 107 Å². The van der Waals surface area contributed by atoms with Gasteiger partial charge in [-0.25, -0.2) is 0 Å². The van der Waals surface area contributed by atoms with Gasteiger partial charge in [-0.1, -0.05) is 26.7 Å². The highest BCUT2D eigenvalue weighted by molar-refractivity contribution is 5.88. The second kappa shape index (κ2) is 49.9. The number of carbonyl (C=O) groups is 13. The molecule has 0 aromatic rings. The summed E-state index contributed by atoms with van der Waals surface area (Å²) in [6.07, 6.45) is 3.99. The lowest BCUT2D eigenvalue weighted by atomic mass is 10.0. The van der Waals surface area contributed by atoms with Crippen molar-refractivity contribution in [3.8, 4) is 0 Å². The number of rotatable bonds is 58. The van der Waals surface area contributed by atoms with E-state index >= 15 is 0 Å². The van der Waals surface area contributed by atoms with Gasteiger partial charge in [0.15, 0.2) is 0 Å². The molecule has 0 aromatic carbocycles. The van der Waals surface area contributed by atoms with Crippen molar-refractivity contribution in [3.63, 3.8) is 0 Å². The molecule has 498 valence electrons. The molecule has 0 aliphatic rings. The maximum atomic E-state index is 13.3. The summed E-state index contributed by atoms with van der Waals surface area (Å²) in [5.41, 5.74) is 10.6. The zero-order valence-electron chi connectivity index (χ0n) is 50.2. The van der Waals surface area contributed by atoms with E-state index in [1.165, 1.54) is 4.90 Å². The average molecular weight is 1250 g/mol. The fourth-order valence-electron chi connectivity index (χ4n) is 8.10. The molecule has 0 aromatic heterocycles. The molecule has 0 aliphatic heterocycles. The Hall–Kier alpha value is -7.17. The fraction of sp³-hybridized carbons (Fsp3) is 0.759. The van der Waals surface area contributed by atoms with E-state index in [0.29, 0.717) is 45.1 Å². The van der Waals surface area contributed by atoms with E-state index in [4.69, 9.17) is 30.4 Å². The zero-order chi connectivity index (χ0) is 65.4. The molecule has 8 amide bonds. The van der Waals surface area contributed by atoms with Gasteiger partial charge in [0.1, 0.15) is 25.3 Å². The first-order valence-corrected chi connectivity index (χ1v) is 29.1. The Morgan fingerprint density at radius 2 is 0.782 bits per heavy atom. The van der Waals surface area contributed by atoms with Crippen LogP contribution in [0.5, 0.6) is 0 Å². The molecule has 0 spiro atoms. The molecule has 0 fully saturated rings. The Balaban J connectivity index is 4.93. The van der Waals surface area contributed by atoms with Crippen LogP contribution in [0.15, 0.2) is 0 Å². The number of carboxylic acids is 5. The van der Waals surface area contributed by atoms with Crippen molar-refractivity contribution in [2.45, 2.75) is 116 Å². The van der Waals surface area contributed by atoms with Crippen molar-refractivity contribution in [1.29, 1.82) is 0 Å². The van der Waals surface area contributed by atoms with E-state index in [2.05, 4.69) is 31.9 Å². The van der Waals surface area contributed by atoms with Gasteiger partial charge in [-0.3, -0.25) is 77.0 Å². The Morgan fingerprint density at radius 3 is 1.22 bits per heavy atom. The Kier molecular flexibility index (Phi) is 45.8. The van der Waals surface area contributed by atoms with E-state index in [1.807, 2.05) is 0 Å². The standard InChI is InChI=1S/C54H95N11O22/c1-38(51(55)79)10-3-6-18-58-45(69)36-86-30-29-85-27-21-60-46(70)37-87-31-28-84-26-20-59-42(66)13-9-14-44(68)62-40(53(81)61-19-7-4-11-39(2)52(56)80)12-5-8-17-57-43(67)16-15-41(54(82)83)65(24-22-63(32-47(71)72)33-48(73)74)25-23-64(34-49(75)76)35-50(77)78/h38-41H,3-37H2,1-2H3,(H2,55,79)(H2,56,80)(H,57,67)(H,58,69)(H,59,66)(H,60,70)(H,61,81)(H,62,68)(H,71,72)(H,73,74)(H,75,76)(H,77,78)(H,82,83)/t38-,39+,40-,41-/m0/s1. The molecule has 0 saturated heterocycles. The number of nitrogens with zero attached hydrogens (tertiary/aromatic N) is 3. The maximum Gasteiger partial charge on any atom is 0.320 e. The first kappa shape index (κ1) is 79.8. The van der Waals surface area contributed by atoms with Gasteiger partial charge in [-0.05, 0) is 57.8 Å². The average Bonchev–Trinajstić information content (AvgIpc) is 3.58. The summed E-state index contributed by atoms with van der Waals surface area (Å²) >= 11 is 0. The van der Waals surface area contributed by atoms with E-state index in [1.54, 1.807) is 13.8 Å². The highest BCUT2D eigenvalue weighted by Crippen LogP contribution is 2.12. The van der Waals surface area contributed by atoms with Gasteiger partial charge in [-0.15, -0.1) is 0 Å². The largest absolute Gasteiger partial charge is 0.480 e. The lowest BCUT2D eigenvalue weighted by molar-refractivity contribution is -0.146. The number of nitrogens with one attached hydrogen (secondary N) is 6. The molecule has 0 heterocycles. The number of amides is 8. The predicted octanol–water partition coefficient (Wildman–Crippen LogP) is -3.48. The molecule has 33 nitrogen and oxygen atoms in total. The third-order valence-electron chi connectivity index (χ3n) is 13.0. The van der Waals surface area contributed by atoms with Gasteiger partial charge in [0.2, 0.25) is 47.3 Å². The molecular formula is C54H95N11O22. The van der Waals surface area contributed by atoms with Gasteiger partial charge in [0.05, 0.1) is 65.8 Å². The fourth-order valence-corrected chi connectivity index (χ4v) is 8.10. The first-order valence-electron chi connectivity index (χ1n) is 29.1. The van der Waals surface area contributed by atoms with Crippen LogP contribution < -0.4 is 43.4 Å². The summed E-state index contributed by atoms with van der Waals surface area (Å²) in [5.74, 6) is -10.7. The van der Waals surface area contributed by atoms with Crippen molar-refractivity contribution in [1.82, 2.24) is 46.6 Å². The SMILES string of the molecule is C[C@H](CCCCNC(=O)[C@H](CCCCNC(=O)CC[C@@H](C(=O)O)N(CCN(CC(=O)O)CC(=O)O)CCN(CC(=O)O)CC(=O)O)NC(=O)CCCC(=O)NCCOCCOCC(=O)NCCOCCOCC(=O)NCCCC[C@H](C)C(N)=O)C(N)=O. The van der Waals surface area contributed by atoms with Crippen LogP contribution in [0, 0.1) is 11.8 Å². The molecular weight excluding hydrogens is 1150 g/mol. The van der Waals surface area contributed by atoms with Crippen LogP contribution in [0.1, 0.15) is 104 Å². The van der Waals surface area contributed by atoms with Crippen LogP contribution in [0.4, 0.5) is 0 Å². The number of carboxylic acid groups (broad SMARTS) is 5. The van der Waals surface area contributed by atoms with Gasteiger partial charge < -0.3 is 87.8 Å². The van der Waals surface area contributed by atoms with Crippen molar-refractivity contribution >= 4 is 77.1 Å². The topological polar surface area (TPSA) is 494 Å². The normalized spacial score (nSPS) is 12.6.